The monoisotopic (exact) mass is 352 g/mol. The van der Waals surface area contributed by atoms with Gasteiger partial charge in [0.05, 0.1) is 5.02 Å². The van der Waals surface area contributed by atoms with Crippen molar-refractivity contribution in [2.24, 2.45) is 0 Å². The Morgan fingerprint density at radius 1 is 1.10 bits per heavy atom. The van der Waals surface area contributed by atoms with Gasteiger partial charge in [-0.1, -0.05) is 49.7 Å². The van der Waals surface area contributed by atoms with Gasteiger partial charge < -0.3 is 5.11 Å². The molecule has 1 nitrogen and oxygen atoms in total. The third-order valence-electron chi connectivity index (χ3n) is 3.55. The summed E-state index contributed by atoms with van der Waals surface area (Å²) in [5, 5.41) is 11.3. The lowest BCUT2D eigenvalue weighted by Crippen LogP contribution is -2.04. The average molecular weight is 354 g/mol. The van der Waals surface area contributed by atoms with E-state index in [1.54, 1.807) is 0 Å². The van der Waals surface area contributed by atoms with Crippen LogP contribution in [-0.2, 0) is 12.8 Å². The quantitative estimate of drug-likeness (QED) is 0.790. The van der Waals surface area contributed by atoms with Gasteiger partial charge in [0.1, 0.15) is 6.10 Å². The molecule has 0 fully saturated rings. The highest BCUT2D eigenvalue weighted by molar-refractivity contribution is 9.10. The van der Waals surface area contributed by atoms with Crippen molar-refractivity contribution in [3.63, 3.8) is 0 Å². The molecule has 0 aliphatic carbocycles. The molecule has 0 aliphatic heterocycles. The Balaban J connectivity index is 2.45. The Morgan fingerprint density at radius 3 is 2.45 bits per heavy atom. The Morgan fingerprint density at radius 2 is 1.85 bits per heavy atom. The highest BCUT2D eigenvalue weighted by atomic mass is 79.9. The maximum absolute atomic E-state index is 10.7. The number of benzene rings is 2. The topological polar surface area (TPSA) is 20.2 Å². The number of hydrogen-bond donors (Lipinski definition) is 1. The minimum atomic E-state index is -0.637. The van der Waals surface area contributed by atoms with E-state index in [4.69, 9.17) is 11.6 Å². The van der Waals surface area contributed by atoms with Gasteiger partial charge in [0.15, 0.2) is 0 Å². The molecule has 2 aromatic carbocycles. The fraction of sp³-hybridized carbons (Fsp3) is 0.294. The van der Waals surface area contributed by atoms with E-state index in [-0.39, 0.29) is 0 Å². The van der Waals surface area contributed by atoms with Gasteiger partial charge in [0.25, 0.3) is 0 Å². The third-order valence-corrected chi connectivity index (χ3v) is 4.79. The van der Waals surface area contributed by atoms with Crippen molar-refractivity contribution in [1.82, 2.24) is 0 Å². The molecule has 1 unspecified atom stereocenters. The van der Waals surface area contributed by atoms with Crippen molar-refractivity contribution >= 4 is 27.5 Å². The number of halogens is 2. The molecular weight excluding hydrogens is 336 g/mol. The lowest BCUT2D eigenvalue weighted by molar-refractivity contribution is 0.219. The summed E-state index contributed by atoms with van der Waals surface area (Å²) in [6.45, 7) is 4.22. The Bertz CT molecular complexity index is 610. The molecule has 0 amide bonds. The smallest absolute Gasteiger partial charge is 0.104 e. The maximum Gasteiger partial charge on any atom is 0.104 e. The SMILES string of the molecule is CCc1ccc(CC)c(C(O)c2ccc(Br)c(Cl)c2)c1. The molecular formula is C17H18BrClO. The molecule has 2 aromatic rings. The largest absolute Gasteiger partial charge is 0.384 e. The molecule has 3 heteroatoms. The third kappa shape index (κ3) is 3.25. The van der Waals surface area contributed by atoms with E-state index in [9.17, 15) is 5.11 Å². The van der Waals surface area contributed by atoms with E-state index in [0.29, 0.717) is 5.02 Å². The molecule has 1 N–H and O–H groups in total. The average Bonchev–Trinajstić information content (AvgIpc) is 2.48. The second-order valence-electron chi connectivity index (χ2n) is 4.82. The second kappa shape index (κ2) is 6.75. The van der Waals surface area contributed by atoms with Crippen LogP contribution in [0.4, 0.5) is 0 Å². The van der Waals surface area contributed by atoms with Gasteiger partial charge in [0, 0.05) is 4.47 Å². The van der Waals surface area contributed by atoms with Crippen molar-refractivity contribution in [3.05, 3.63) is 68.1 Å². The Hall–Kier alpha value is -0.830. The minimum Gasteiger partial charge on any atom is -0.384 e. The first-order valence-electron chi connectivity index (χ1n) is 6.81. The summed E-state index contributed by atoms with van der Waals surface area (Å²) in [7, 11) is 0. The van der Waals surface area contributed by atoms with E-state index < -0.39 is 6.10 Å². The highest BCUT2D eigenvalue weighted by Crippen LogP contribution is 2.31. The fourth-order valence-electron chi connectivity index (χ4n) is 2.30. The molecule has 0 radical (unpaired) electrons. The van der Waals surface area contributed by atoms with Crippen LogP contribution in [0.5, 0.6) is 0 Å². The van der Waals surface area contributed by atoms with Gasteiger partial charge >= 0.3 is 0 Å². The van der Waals surface area contributed by atoms with Gasteiger partial charge in [-0.3, -0.25) is 0 Å². The molecule has 0 spiro atoms. The number of aryl methyl sites for hydroxylation is 2. The molecule has 0 aliphatic rings. The number of hydrogen-bond acceptors (Lipinski definition) is 1. The fourth-order valence-corrected chi connectivity index (χ4v) is 2.74. The zero-order chi connectivity index (χ0) is 14.7. The van der Waals surface area contributed by atoms with Crippen LogP contribution in [0, 0.1) is 0 Å². The first-order valence-corrected chi connectivity index (χ1v) is 7.98. The summed E-state index contributed by atoms with van der Waals surface area (Å²) in [5.74, 6) is 0. The van der Waals surface area contributed by atoms with Crippen LogP contribution in [0.15, 0.2) is 40.9 Å². The minimum absolute atomic E-state index is 0.617. The lowest BCUT2D eigenvalue weighted by atomic mass is 9.93. The summed E-state index contributed by atoms with van der Waals surface area (Å²) < 4.78 is 0.841. The summed E-state index contributed by atoms with van der Waals surface area (Å²) >= 11 is 9.49. The zero-order valence-corrected chi connectivity index (χ0v) is 14.0. The number of aliphatic hydroxyl groups is 1. The summed E-state index contributed by atoms with van der Waals surface area (Å²) in [4.78, 5) is 0. The van der Waals surface area contributed by atoms with Crippen LogP contribution in [0.25, 0.3) is 0 Å². The van der Waals surface area contributed by atoms with Gasteiger partial charge in [-0.05, 0) is 63.2 Å². The number of aliphatic hydroxyl groups excluding tert-OH is 1. The van der Waals surface area contributed by atoms with Crippen molar-refractivity contribution < 1.29 is 5.11 Å². The molecule has 20 heavy (non-hydrogen) atoms. The van der Waals surface area contributed by atoms with E-state index in [1.165, 1.54) is 11.1 Å². The van der Waals surface area contributed by atoms with Crippen molar-refractivity contribution in [2.75, 3.05) is 0 Å². The van der Waals surface area contributed by atoms with Crippen molar-refractivity contribution in [2.45, 2.75) is 32.8 Å². The van der Waals surface area contributed by atoms with Crippen LogP contribution in [0.2, 0.25) is 5.02 Å². The van der Waals surface area contributed by atoms with Gasteiger partial charge in [-0.15, -0.1) is 0 Å². The molecule has 0 heterocycles. The van der Waals surface area contributed by atoms with E-state index in [1.807, 2.05) is 18.2 Å². The van der Waals surface area contributed by atoms with Crippen LogP contribution < -0.4 is 0 Å². The molecule has 0 bridgehead atoms. The van der Waals surface area contributed by atoms with Crippen LogP contribution in [0.3, 0.4) is 0 Å². The predicted molar refractivity (Wildman–Crippen MR) is 88.4 cm³/mol. The molecule has 0 aromatic heterocycles. The zero-order valence-electron chi connectivity index (χ0n) is 11.7. The second-order valence-corrected chi connectivity index (χ2v) is 6.08. The summed E-state index contributed by atoms with van der Waals surface area (Å²) in [5.41, 5.74) is 4.21. The lowest BCUT2D eigenvalue weighted by Gasteiger charge is -2.17. The normalized spacial score (nSPS) is 12.4. The summed E-state index contributed by atoms with van der Waals surface area (Å²) in [6.07, 6.45) is 1.23. The molecule has 106 valence electrons. The van der Waals surface area contributed by atoms with Gasteiger partial charge in [-0.25, -0.2) is 0 Å². The summed E-state index contributed by atoms with van der Waals surface area (Å²) in [6, 6.07) is 11.9. The van der Waals surface area contributed by atoms with Gasteiger partial charge in [-0.2, -0.15) is 0 Å². The van der Waals surface area contributed by atoms with E-state index >= 15 is 0 Å². The molecule has 0 saturated carbocycles. The van der Waals surface area contributed by atoms with Crippen molar-refractivity contribution in [1.29, 1.82) is 0 Å². The predicted octanol–water partition coefficient (Wildman–Crippen LogP) is 5.31. The molecule has 2 rings (SSSR count). The maximum atomic E-state index is 10.7. The first kappa shape index (κ1) is 15.6. The van der Waals surface area contributed by atoms with E-state index in [2.05, 4.69) is 48.0 Å². The Labute approximate surface area is 133 Å². The Kier molecular flexibility index (Phi) is 5.25. The molecule has 0 saturated heterocycles. The first-order chi connectivity index (χ1) is 9.56. The van der Waals surface area contributed by atoms with Crippen LogP contribution in [0.1, 0.15) is 42.2 Å². The van der Waals surface area contributed by atoms with Crippen LogP contribution in [-0.4, -0.2) is 5.11 Å². The van der Waals surface area contributed by atoms with E-state index in [0.717, 1.165) is 28.4 Å². The number of rotatable bonds is 4. The standard InChI is InChI=1S/C17H18BrClO/c1-3-11-5-6-12(4-2)14(9-11)17(20)13-7-8-15(18)16(19)10-13/h5-10,17,20H,3-4H2,1-2H3. The van der Waals surface area contributed by atoms with Crippen molar-refractivity contribution in [3.8, 4) is 0 Å². The molecule has 1 atom stereocenters. The highest BCUT2D eigenvalue weighted by Gasteiger charge is 2.15. The van der Waals surface area contributed by atoms with Gasteiger partial charge in [0.2, 0.25) is 0 Å². The van der Waals surface area contributed by atoms with Crippen LogP contribution >= 0.6 is 27.5 Å².